The standard InChI is InChI=1S/C28H33ClF4N4O3/c1-35(2)25(38)22-6-7-23(34-24(22)29)36-12-8-18(9-13-36)16-19-10-14-37(15-11-19)26(39)27(30,40)20-4-3-5-21(17-20)28(31,32)33/h3-7,17-19,40H,8-16H2,1-2H3. The van der Waals surface area contributed by atoms with Crippen LogP contribution in [0, 0.1) is 11.8 Å². The quantitative estimate of drug-likeness (QED) is 0.377. The van der Waals surface area contributed by atoms with E-state index in [1.54, 1.807) is 26.2 Å². The number of carbonyl (C=O) groups excluding carboxylic acids is 2. The topological polar surface area (TPSA) is 77.0 Å². The number of aliphatic hydroxyl groups is 1. The monoisotopic (exact) mass is 584 g/mol. The summed E-state index contributed by atoms with van der Waals surface area (Å²) in [7, 11) is 3.31. The van der Waals surface area contributed by atoms with Crippen molar-refractivity contribution in [1.82, 2.24) is 14.8 Å². The van der Waals surface area contributed by atoms with Gasteiger partial charge in [0.05, 0.1) is 11.1 Å². The molecule has 1 aromatic heterocycles. The van der Waals surface area contributed by atoms with Gasteiger partial charge in [-0.15, -0.1) is 0 Å². The van der Waals surface area contributed by atoms with E-state index in [0.29, 0.717) is 36.3 Å². The fourth-order valence-corrected chi connectivity index (χ4v) is 5.71. The molecule has 0 spiro atoms. The number of halogens is 5. The maximum atomic E-state index is 15.1. The summed E-state index contributed by atoms with van der Waals surface area (Å²) in [6.07, 6.45) is -0.627. The summed E-state index contributed by atoms with van der Waals surface area (Å²) in [5.74, 6) is -3.45. The first-order chi connectivity index (χ1) is 18.8. The zero-order chi connectivity index (χ0) is 29.2. The Morgan fingerprint density at radius 3 is 2.10 bits per heavy atom. The number of hydrogen-bond acceptors (Lipinski definition) is 5. The molecule has 1 atom stereocenters. The molecule has 2 aromatic rings. The molecule has 1 aromatic carbocycles. The number of rotatable bonds is 6. The summed E-state index contributed by atoms with van der Waals surface area (Å²) in [4.78, 5) is 34.1. The van der Waals surface area contributed by atoms with Gasteiger partial charge < -0.3 is 19.8 Å². The molecule has 0 bridgehead atoms. The third-order valence-electron chi connectivity index (χ3n) is 7.83. The summed E-state index contributed by atoms with van der Waals surface area (Å²) in [6, 6.07) is 6.68. The van der Waals surface area contributed by atoms with Crippen molar-refractivity contribution in [1.29, 1.82) is 0 Å². The molecule has 3 heterocycles. The van der Waals surface area contributed by atoms with Crippen LogP contribution in [-0.2, 0) is 16.8 Å². The van der Waals surface area contributed by atoms with Crippen molar-refractivity contribution in [2.75, 3.05) is 45.2 Å². The summed E-state index contributed by atoms with van der Waals surface area (Å²) in [5.41, 5.74) is -1.50. The lowest BCUT2D eigenvalue weighted by molar-refractivity contribution is -0.177. The van der Waals surface area contributed by atoms with E-state index >= 15 is 4.39 Å². The van der Waals surface area contributed by atoms with Gasteiger partial charge in [0.2, 0.25) is 0 Å². The van der Waals surface area contributed by atoms with Gasteiger partial charge in [-0.1, -0.05) is 23.7 Å². The number of alkyl halides is 4. The van der Waals surface area contributed by atoms with Crippen LogP contribution in [0.5, 0.6) is 0 Å². The Bertz CT molecular complexity index is 1220. The molecular weight excluding hydrogens is 552 g/mol. The molecule has 0 aliphatic carbocycles. The van der Waals surface area contributed by atoms with Crippen LogP contribution < -0.4 is 4.90 Å². The smallest absolute Gasteiger partial charge is 0.357 e. The average molecular weight is 585 g/mol. The van der Waals surface area contributed by atoms with Crippen molar-refractivity contribution in [2.24, 2.45) is 11.8 Å². The maximum Gasteiger partial charge on any atom is 0.416 e. The number of anilines is 1. The predicted molar refractivity (Wildman–Crippen MR) is 143 cm³/mol. The Labute approximate surface area is 235 Å². The van der Waals surface area contributed by atoms with E-state index in [1.807, 2.05) is 0 Å². The molecule has 2 saturated heterocycles. The molecule has 0 saturated carbocycles. The molecular formula is C28H33ClF4N4O3. The number of aromatic nitrogens is 1. The van der Waals surface area contributed by atoms with Gasteiger partial charge in [0.25, 0.3) is 11.8 Å². The van der Waals surface area contributed by atoms with Crippen molar-refractivity contribution in [3.05, 3.63) is 58.2 Å². The molecule has 2 aliphatic heterocycles. The van der Waals surface area contributed by atoms with Crippen molar-refractivity contribution in [3.8, 4) is 0 Å². The highest BCUT2D eigenvalue weighted by Crippen LogP contribution is 2.36. The van der Waals surface area contributed by atoms with Gasteiger partial charge in [-0.25, -0.2) is 4.98 Å². The van der Waals surface area contributed by atoms with Crippen LogP contribution in [0.1, 0.15) is 53.6 Å². The summed E-state index contributed by atoms with van der Waals surface area (Å²) in [6.45, 7) is 2.04. The van der Waals surface area contributed by atoms with E-state index in [-0.39, 0.29) is 24.1 Å². The highest BCUT2D eigenvalue weighted by molar-refractivity contribution is 6.32. The number of benzene rings is 1. The van der Waals surface area contributed by atoms with Gasteiger partial charge in [0, 0.05) is 45.8 Å². The SMILES string of the molecule is CN(C)C(=O)c1ccc(N2CCC(CC3CCN(C(=O)C(O)(F)c4cccc(C(F)(F)F)c4)CC3)CC2)nc1Cl. The maximum absolute atomic E-state index is 15.1. The lowest BCUT2D eigenvalue weighted by Gasteiger charge is -2.38. The van der Waals surface area contributed by atoms with E-state index in [1.165, 1.54) is 9.80 Å². The number of piperidine rings is 2. The Morgan fingerprint density at radius 2 is 1.55 bits per heavy atom. The average Bonchev–Trinajstić information content (AvgIpc) is 2.92. The number of amides is 2. The third-order valence-corrected chi connectivity index (χ3v) is 8.12. The van der Waals surface area contributed by atoms with Crippen molar-refractivity contribution in [2.45, 2.75) is 44.1 Å². The Kier molecular flexibility index (Phi) is 8.94. The van der Waals surface area contributed by atoms with Gasteiger partial charge in [-0.2, -0.15) is 17.6 Å². The van der Waals surface area contributed by atoms with E-state index in [2.05, 4.69) is 9.88 Å². The molecule has 4 rings (SSSR count). The van der Waals surface area contributed by atoms with E-state index in [0.717, 1.165) is 56.4 Å². The van der Waals surface area contributed by atoms with Gasteiger partial charge in [-0.3, -0.25) is 9.59 Å². The van der Waals surface area contributed by atoms with Crippen molar-refractivity contribution in [3.63, 3.8) is 0 Å². The molecule has 0 radical (unpaired) electrons. The normalized spacial score (nSPS) is 18.9. The second kappa shape index (κ2) is 11.9. The van der Waals surface area contributed by atoms with Crippen LogP contribution in [0.15, 0.2) is 36.4 Å². The van der Waals surface area contributed by atoms with Crippen LogP contribution >= 0.6 is 11.6 Å². The van der Waals surface area contributed by atoms with Crippen molar-refractivity contribution < 1.29 is 32.3 Å². The molecule has 12 heteroatoms. The van der Waals surface area contributed by atoms with Gasteiger partial charge >= 0.3 is 12.0 Å². The molecule has 218 valence electrons. The van der Waals surface area contributed by atoms with Crippen LogP contribution in [0.3, 0.4) is 0 Å². The first-order valence-electron chi connectivity index (χ1n) is 13.3. The van der Waals surface area contributed by atoms with Crippen LogP contribution in [0.4, 0.5) is 23.4 Å². The molecule has 1 N–H and O–H groups in total. The molecule has 1 unspecified atom stereocenters. The second-order valence-electron chi connectivity index (χ2n) is 10.8. The summed E-state index contributed by atoms with van der Waals surface area (Å²) < 4.78 is 54.1. The predicted octanol–water partition coefficient (Wildman–Crippen LogP) is 5.12. The molecule has 7 nitrogen and oxygen atoms in total. The first-order valence-corrected chi connectivity index (χ1v) is 13.7. The van der Waals surface area contributed by atoms with Crippen LogP contribution in [0.25, 0.3) is 0 Å². The number of hydrogen-bond donors (Lipinski definition) is 1. The lowest BCUT2D eigenvalue weighted by Crippen LogP contribution is -2.48. The van der Waals surface area contributed by atoms with Gasteiger partial charge in [0.15, 0.2) is 0 Å². The summed E-state index contributed by atoms with van der Waals surface area (Å²) >= 11 is 6.27. The number of nitrogens with zero attached hydrogens (tertiary/aromatic N) is 4. The van der Waals surface area contributed by atoms with Gasteiger partial charge in [0.1, 0.15) is 11.0 Å². The summed E-state index contributed by atoms with van der Waals surface area (Å²) in [5, 5.41) is 10.4. The highest BCUT2D eigenvalue weighted by atomic mass is 35.5. The minimum absolute atomic E-state index is 0.174. The van der Waals surface area contributed by atoms with E-state index in [9.17, 15) is 27.9 Å². The Hall–Kier alpha value is -2.92. The Balaban J connectivity index is 1.27. The zero-order valence-electron chi connectivity index (χ0n) is 22.4. The fourth-order valence-electron chi connectivity index (χ4n) is 5.48. The first kappa shape index (κ1) is 30.0. The lowest BCUT2D eigenvalue weighted by atomic mass is 9.82. The van der Waals surface area contributed by atoms with Crippen LogP contribution in [0.2, 0.25) is 5.15 Å². The number of pyridine rings is 1. The largest absolute Gasteiger partial charge is 0.416 e. The minimum atomic E-state index is -4.72. The molecule has 2 aliphatic rings. The molecule has 40 heavy (non-hydrogen) atoms. The van der Waals surface area contributed by atoms with Crippen molar-refractivity contribution >= 4 is 29.2 Å². The van der Waals surface area contributed by atoms with E-state index in [4.69, 9.17) is 11.6 Å². The minimum Gasteiger partial charge on any atom is -0.357 e. The molecule has 2 fully saturated rings. The Morgan fingerprint density at radius 1 is 0.975 bits per heavy atom. The van der Waals surface area contributed by atoms with E-state index < -0.39 is 29.1 Å². The zero-order valence-corrected chi connectivity index (χ0v) is 23.2. The van der Waals surface area contributed by atoms with Gasteiger partial charge in [-0.05, 0) is 68.2 Å². The number of carbonyl (C=O) groups is 2. The fraction of sp³-hybridized carbons (Fsp3) is 0.536. The highest BCUT2D eigenvalue weighted by Gasteiger charge is 2.44. The molecule has 2 amide bonds. The third kappa shape index (κ3) is 6.68. The van der Waals surface area contributed by atoms with Crippen LogP contribution in [-0.4, -0.2) is 72.0 Å². The number of likely N-dealkylation sites (tertiary alicyclic amines) is 1. The second-order valence-corrected chi connectivity index (χ2v) is 11.2.